The van der Waals surface area contributed by atoms with Crippen molar-refractivity contribution in [2.45, 2.75) is 26.2 Å². The van der Waals surface area contributed by atoms with Crippen LogP contribution in [0.5, 0.6) is 0 Å². The molecule has 0 atom stereocenters. The van der Waals surface area contributed by atoms with Crippen molar-refractivity contribution in [3.8, 4) is 5.69 Å². The van der Waals surface area contributed by atoms with Gasteiger partial charge >= 0.3 is 0 Å². The Morgan fingerprint density at radius 3 is 2.36 bits per heavy atom. The number of para-hydroxylation sites is 1. The maximum Gasteiger partial charge on any atom is 0.276 e. The molecule has 7 heteroatoms. The number of nitrogens with zero attached hydrogens (tertiary/aromatic N) is 2. The van der Waals surface area contributed by atoms with Crippen LogP contribution in [0.25, 0.3) is 5.69 Å². The zero-order chi connectivity index (χ0) is 16.3. The van der Waals surface area contributed by atoms with Crippen molar-refractivity contribution in [2.75, 3.05) is 11.0 Å². The zero-order valence-electron chi connectivity index (χ0n) is 13.0. The van der Waals surface area contributed by atoms with Crippen LogP contribution in [0.3, 0.4) is 0 Å². The van der Waals surface area contributed by atoms with Crippen LogP contribution in [0, 0.1) is 0 Å². The lowest BCUT2D eigenvalue weighted by Crippen LogP contribution is -2.21. The van der Waals surface area contributed by atoms with E-state index in [0.29, 0.717) is 23.5 Å². The molecular weight excluding hydrogens is 302 g/mol. The molecular formula is C15H21N3O3S. The molecule has 1 heterocycles. The first kappa shape index (κ1) is 16.4. The third kappa shape index (κ3) is 3.41. The van der Waals surface area contributed by atoms with E-state index in [0.717, 1.165) is 19.1 Å². The highest BCUT2D eigenvalue weighted by Crippen LogP contribution is 2.18. The second-order valence-electron chi connectivity index (χ2n) is 5.28. The Morgan fingerprint density at radius 2 is 1.82 bits per heavy atom. The lowest BCUT2D eigenvalue weighted by atomic mass is 10.1. The molecule has 0 bridgehead atoms. The highest BCUT2D eigenvalue weighted by atomic mass is 32.2. The summed E-state index contributed by atoms with van der Waals surface area (Å²) in [6, 6.07) is 9.17. The first-order valence-electron chi connectivity index (χ1n) is 7.19. The predicted molar refractivity (Wildman–Crippen MR) is 88.1 cm³/mol. The summed E-state index contributed by atoms with van der Waals surface area (Å²) >= 11 is 0. The minimum atomic E-state index is -3.46. The molecule has 0 aliphatic heterocycles. The summed E-state index contributed by atoms with van der Waals surface area (Å²) in [7, 11) is -1.78. The molecule has 0 amide bonds. The molecule has 1 aromatic carbocycles. The Morgan fingerprint density at radius 1 is 1.18 bits per heavy atom. The molecule has 0 radical (unpaired) electrons. The summed E-state index contributed by atoms with van der Waals surface area (Å²) in [6.45, 7) is 2.03. The van der Waals surface area contributed by atoms with E-state index in [9.17, 15) is 13.2 Å². The molecule has 6 nitrogen and oxygen atoms in total. The van der Waals surface area contributed by atoms with Crippen LogP contribution in [-0.2, 0) is 23.5 Å². The summed E-state index contributed by atoms with van der Waals surface area (Å²) < 4.78 is 28.7. The topological polar surface area (TPSA) is 73.1 Å². The molecule has 120 valence electrons. The van der Waals surface area contributed by atoms with Gasteiger partial charge in [0, 0.05) is 7.05 Å². The van der Waals surface area contributed by atoms with Crippen LogP contribution < -0.4 is 10.3 Å². The third-order valence-electron chi connectivity index (χ3n) is 3.42. The van der Waals surface area contributed by atoms with E-state index in [1.54, 1.807) is 11.7 Å². The van der Waals surface area contributed by atoms with E-state index in [4.69, 9.17) is 0 Å². The van der Waals surface area contributed by atoms with Crippen LogP contribution in [0.4, 0.5) is 5.82 Å². The molecule has 22 heavy (non-hydrogen) atoms. The third-order valence-corrected chi connectivity index (χ3v) is 3.99. The summed E-state index contributed by atoms with van der Waals surface area (Å²) in [5, 5.41) is 0. The van der Waals surface area contributed by atoms with E-state index >= 15 is 0 Å². The quantitative estimate of drug-likeness (QED) is 0.882. The first-order valence-corrected chi connectivity index (χ1v) is 9.08. The van der Waals surface area contributed by atoms with Gasteiger partial charge in [-0.1, -0.05) is 31.5 Å². The standard InChI is InChI=1S/C15H21N3O3S/c1-4-5-11-13-14(16-22(3,20)21)17(2)18(15(13)19)12-9-7-6-8-10-12/h6-10,16H,4-5,11H2,1-3H3. The number of anilines is 1. The van der Waals surface area contributed by atoms with E-state index < -0.39 is 10.0 Å². The molecule has 0 saturated heterocycles. The Bertz CT molecular complexity index is 805. The molecule has 0 aliphatic carbocycles. The van der Waals surface area contributed by atoms with Crippen molar-refractivity contribution in [2.24, 2.45) is 7.05 Å². The summed E-state index contributed by atoms with van der Waals surface area (Å²) in [4.78, 5) is 12.7. The highest BCUT2D eigenvalue weighted by molar-refractivity contribution is 7.92. The van der Waals surface area contributed by atoms with Gasteiger partial charge in [0.25, 0.3) is 5.56 Å². The summed E-state index contributed by atoms with van der Waals surface area (Å²) in [6.07, 6.45) is 3.38. The smallest absolute Gasteiger partial charge is 0.267 e. The lowest BCUT2D eigenvalue weighted by Gasteiger charge is -2.10. The average Bonchev–Trinajstić information content (AvgIpc) is 2.67. The Balaban J connectivity index is 2.64. The largest absolute Gasteiger partial charge is 0.276 e. The van der Waals surface area contributed by atoms with E-state index in [2.05, 4.69) is 4.72 Å². The Labute approximate surface area is 130 Å². The van der Waals surface area contributed by atoms with Gasteiger partial charge in [-0.05, 0) is 25.0 Å². The number of unbranched alkanes of at least 4 members (excludes halogenated alkanes) is 1. The monoisotopic (exact) mass is 323 g/mol. The normalized spacial score (nSPS) is 11.6. The van der Waals surface area contributed by atoms with Crippen molar-refractivity contribution >= 4 is 15.8 Å². The molecule has 1 N–H and O–H groups in total. The van der Waals surface area contributed by atoms with E-state index in [1.165, 1.54) is 4.68 Å². The molecule has 0 saturated carbocycles. The fraction of sp³-hybridized carbons (Fsp3) is 0.400. The van der Waals surface area contributed by atoms with Gasteiger partial charge in [-0.3, -0.25) is 14.2 Å². The lowest BCUT2D eigenvalue weighted by molar-refractivity contribution is 0.604. The molecule has 1 aromatic heterocycles. The van der Waals surface area contributed by atoms with E-state index in [-0.39, 0.29) is 5.56 Å². The molecule has 0 unspecified atom stereocenters. The summed E-state index contributed by atoms with van der Waals surface area (Å²) in [5.41, 5.74) is 1.02. The minimum Gasteiger partial charge on any atom is -0.267 e. The van der Waals surface area contributed by atoms with Gasteiger partial charge in [0.1, 0.15) is 5.82 Å². The molecule has 0 spiro atoms. The molecule has 2 rings (SSSR count). The van der Waals surface area contributed by atoms with Crippen LogP contribution in [0.2, 0.25) is 0 Å². The van der Waals surface area contributed by atoms with Gasteiger partial charge in [0.15, 0.2) is 0 Å². The van der Waals surface area contributed by atoms with Gasteiger partial charge in [-0.2, -0.15) is 0 Å². The Hall–Kier alpha value is -2.02. The SMILES string of the molecule is CCCCc1c(NS(C)(=O)=O)n(C)n(-c2ccccc2)c1=O. The summed E-state index contributed by atoms with van der Waals surface area (Å²) in [5.74, 6) is 0.338. The van der Waals surface area contributed by atoms with Crippen molar-refractivity contribution in [1.82, 2.24) is 9.36 Å². The maximum absolute atomic E-state index is 12.7. The second-order valence-corrected chi connectivity index (χ2v) is 7.03. The van der Waals surface area contributed by atoms with Gasteiger partial charge in [0.2, 0.25) is 10.0 Å². The predicted octanol–water partition coefficient (Wildman–Crippen LogP) is 1.89. The fourth-order valence-corrected chi connectivity index (χ4v) is 3.01. The number of aromatic nitrogens is 2. The van der Waals surface area contributed by atoms with Crippen LogP contribution in [0.15, 0.2) is 35.1 Å². The van der Waals surface area contributed by atoms with Gasteiger partial charge in [-0.25, -0.2) is 13.1 Å². The van der Waals surface area contributed by atoms with Gasteiger partial charge in [-0.15, -0.1) is 0 Å². The number of nitrogens with one attached hydrogen (secondary N) is 1. The highest BCUT2D eigenvalue weighted by Gasteiger charge is 2.20. The van der Waals surface area contributed by atoms with Gasteiger partial charge < -0.3 is 0 Å². The maximum atomic E-state index is 12.7. The number of hydrogen-bond acceptors (Lipinski definition) is 3. The Kier molecular flexibility index (Phi) is 4.75. The fourth-order valence-electron chi connectivity index (χ4n) is 2.40. The van der Waals surface area contributed by atoms with Gasteiger partial charge in [0.05, 0.1) is 17.5 Å². The van der Waals surface area contributed by atoms with Crippen molar-refractivity contribution in [3.05, 3.63) is 46.2 Å². The zero-order valence-corrected chi connectivity index (χ0v) is 13.9. The van der Waals surface area contributed by atoms with Crippen molar-refractivity contribution < 1.29 is 8.42 Å². The molecule has 2 aromatic rings. The second kappa shape index (κ2) is 6.39. The molecule has 0 aliphatic rings. The van der Waals surface area contributed by atoms with Crippen LogP contribution >= 0.6 is 0 Å². The number of benzene rings is 1. The van der Waals surface area contributed by atoms with Crippen LogP contribution in [-0.4, -0.2) is 24.0 Å². The number of hydrogen-bond donors (Lipinski definition) is 1. The minimum absolute atomic E-state index is 0.187. The number of rotatable bonds is 6. The number of sulfonamides is 1. The van der Waals surface area contributed by atoms with Crippen molar-refractivity contribution in [1.29, 1.82) is 0 Å². The van der Waals surface area contributed by atoms with Crippen LogP contribution in [0.1, 0.15) is 25.3 Å². The van der Waals surface area contributed by atoms with Crippen molar-refractivity contribution in [3.63, 3.8) is 0 Å². The first-order chi connectivity index (χ1) is 10.3. The van der Waals surface area contributed by atoms with E-state index in [1.807, 2.05) is 37.3 Å². The molecule has 0 fully saturated rings. The average molecular weight is 323 g/mol.